The Balaban J connectivity index is 1.51. The fourth-order valence-corrected chi connectivity index (χ4v) is 3.39. The van der Waals surface area contributed by atoms with E-state index in [2.05, 4.69) is 10.6 Å². The lowest BCUT2D eigenvalue weighted by molar-refractivity contribution is -0.133. The van der Waals surface area contributed by atoms with Gasteiger partial charge in [0.25, 0.3) is 5.91 Å². The summed E-state index contributed by atoms with van der Waals surface area (Å²) in [5.74, 6) is -0.495. The highest BCUT2D eigenvalue weighted by Gasteiger charge is 2.49. The van der Waals surface area contributed by atoms with Crippen molar-refractivity contribution in [3.8, 4) is 11.5 Å². The molecule has 2 heterocycles. The number of halogens is 1. The van der Waals surface area contributed by atoms with Gasteiger partial charge in [-0.15, -0.1) is 0 Å². The summed E-state index contributed by atoms with van der Waals surface area (Å²) in [6.45, 7) is 2.13. The molecule has 1 atom stereocenters. The molecule has 0 unspecified atom stereocenters. The molecule has 0 bridgehead atoms. The summed E-state index contributed by atoms with van der Waals surface area (Å²) in [6.07, 6.45) is 0.744. The third-order valence-corrected chi connectivity index (χ3v) is 5.03. The lowest BCUT2D eigenvalue weighted by Gasteiger charge is -2.23. The highest BCUT2D eigenvalue weighted by Crippen LogP contribution is 2.36. The zero-order chi connectivity index (χ0) is 21.3. The summed E-state index contributed by atoms with van der Waals surface area (Å²) in [5.41, 5.74) is -0.469. The van der Waals surface area contributed by atoms with Gasteiger partial charge in [0.05, 0.1) is 13.2 Å². The molecule has 2 aromatic rings. The number of hydrogen-bond donors (Lipinski definition) is 2. The normalized spacial score (nSPS) is 20.5. The van der Waals surface area contributed by atoms with Crippen molar-refractivity contribution in [1.82, 2.24) is 10.2 Å². The summed E-state index contributed by atoms with van der Waals surface area (Å²) in [7, 11) is 0. The zero-order valence-electron chi connectivity index (χ0n) is 16.2. The van der Waals surface area contributed by atoms with Gasteiger partial charge >= 0.3 is 6.03 Å². The lowest BCUT2D eigenvalue weighted by atomic mass is 9.91. The number of fused-ring (bicyclic) bond motifs is 1. The Morgan fingerprint density at radius 2 is 1.83 bits per heavy atom. The smallest absolute Gasteiger partial charge is 0.325 e. The van der Waals surface area contributed by atoms with Crippen molar-refractivity contribution in [2.45, 2.75) is 18.9 Å². The van der Waals surface area contributed by atoms with Gasteiger partial charge in [-0.1, -0.05) is 6.07 Å². The van der Waals surface area contributed by atoms with Gasteiger partial charge in [-0.3, -0.25) is 14.5 Å². The maximum atomic E-state index is 13.0. The topological polar surface area (TPSA) is 97.0 Å². The molecule has 0 saturated carbocycles. The van der Waals surface area contributed by atoms with Crippen molar-refractivity contribution in [2.75, 3.05) is 25.1 Å². The molecule has 0 aromatic heterocycles. The predicted molar refractivity (Wildman–Crippen MR) is 105 cm³/mol. The van der Waals surface area contributed by atoms with Crippen LogP contribution in [0, 0.1) is 5.82 Å². The first kappa shape index (κ1) is 19.7. The molecule has 1 fully saturated rings. The van der Waals surface area contributed by atoms with E-state index in [0.717, 1.165) is 11.3 Å². The molecule has 2 aliphatic heterocycles. The molecule has 8 nitrogen and oxygen atoms in total. The lowest BCUT2D eigenvalue weighted by Crippen LogP contribution is -2.42. The largest absolute Gasteiger partial charge is 0.490 e. The maximum Gasteiger partial charge on any atom is 0.325 e. The van der Waals surface area contributed by atoms with E-state index in [9.17, 15) is 18.8 Å². The van der Waals surface area contributed by atoms with Crippen molar-refractivity contribution in [1.29, 1.82) is 0 Å². The number of amides is 4. The predicted octanol–water partition coefficient (Wildman–Crippen LogP) is 2.39. The Labute approximate surface area is 171 Å². The Morgan fingerprint density at radius 3 is 2.57 bits per heavy atom. The van der Waals surface area contributed by atoms with Crippen molar-refractivity contribution < 1.29 is 28.2 Å². The number of ether oxygens (including phenoxy) is 2. The second-order valence-electron chi connectivity index (χ2n) is 7.21. The molecule has 4 amide bonds. The zero-order valence-corrected chi connectivity index (χ0v) is 16.2. The average molecular weight is 413 g/mol. The van der Waals surface area contributed by atoms with Crippen LogP contribution in [-0.4, -0.2) is 42.5 Å². The summed E-state index contributed by atoms with van der Waals surface area (Å²) >= 11 is 0. The second kappa shape index (κ2) is 7.66. The van der Waals surface area contributed by atoms with Crippen molar-refractivity contribution in [3.05, 3.63) is 53.8 Å². The Morgan fingerprint density at radius 1 is 1.13 bits per heavy atom. The number of anilines is 1. The first-order chi connectivity index (χ1) is 14.4. The van der Waals surface area contributed by atoms with Crippen LogP contribution in [0.25, 0.3) is 0 Å². The Hall–Kier alpha value is -3.62. The number of carbonyl (C=O) groups excluding carboxylic acids is 3. The van der Waals surface area contributed by atoms with E-state index in [1.54, 1.807) is 25.1 Å². The second-order valence-corrected chi connectivity index (χ2v) is 7.21. The van der Waals surface area contributed by atoms with Gasteiger partial charge in [-0.2, -0.15) is 0 Å². The molecule has 0 spiro atoms. The Kier molecular flexibility index (Phi) is 5.03. The van der Waals surface area contributed by atoms with Gasteiger partial charge < -0.3 is 20.1 Å². The molecular weight excluding hydrogens is 393 g/mol. The molecule has 2 N–H and O–H groups in total. The minimum Gasteiger partial charge on any atom is -0.490 e. The van der Waals surface area contributed by atoms with Crippen LogP contribution < -0.4 is 20.1 Å². The minimum atomic E-state index is -1.35. The fraction of sp³-hybridized carbons (Fsp3) is 0.286. The van der Waals surface area contributed by atoms with Crippen molar-refractivity contribution in [3.63, 3.8) is 0 Å². The molecule has 4 rings (SSSR count). The average Bonchev–Trinajstić information content (AvgIpc) is 2.89. The molecule has 0 aliphatic carbocycles. The van der Waals surface area contributed by atoms with E-state index in [4.69, 9.17) is 9.47 Å². The molecule has 1 saturated heterocycles. The number of hydrogen-bond acceptors (Lipinski definition) is 5. The monoisotopic (exact) mass is 413 g/mol. The van der Waals surface area contributed by atoms with Gasteiger partial charge in [0.1, 0.15) is 17.9 Å². The van der Waals surface area contributed by atoms with Gasteiger partial charge in [0, 0.05) is 12.1 Å². The quantitative estimate of drug-likeness (QED) is 0.751. The van der Waals surface area contributed by atoms with Crippen molar-refractivity contribution >= 4 is 23.5 Å². The number of urea groups is 1. The molecule has 9 heteroatoms. The number of nitrogens with one attached hydrogen (secondary N) is 2. The van der Waals surface area contributed by atoms with E-state index in [-0.39, 0.29) is 0 Å². The van der Waals surface area contributed by atoms with Crippen LogP contribution in [0.15, 0.2) is 42.5 Å². The van der Waals surface area contributed by atoms with E-state index in [1.807, 2.05) is 0 Å². The number of rotatable bonds is 4. The van der Waals surface area contributed by atoms with Crippen LogP contribution in [0.4, 0.5) is 14.9 Å². The van der Waals surface area contributed by atoms with Crippen LogP contribution in [0.3, 0.4) is 0 Å². The van der Waals surface area contributed by atoms with E-state index >= 15 is 0 Å². The molecule has 30 heavy (non-hydrogen) atoms. The van der Waals surface area contributed by atoms with Gasteiger partial charge in [0.2, 0.25) is 5.91 Å². The van der Waals surface area contributed by atoms with Gasteiger partial charge in [-0.05, 0) is 48.9 Å². The van der Waals surface area contributed by atoms with Crippen LogP contribution in [0.5, 0.6) is 11.5 Å². The number of imide groups is 1. The first-order valence-corrected chi connectivity index (χ1v) is 9.46. The Bertz CT molecular complexity index is 1010. The SMILES string of the molecule is C[C@@]1(c2ccc3c(c2)OCCCO3)NC(=O)N(CC(=O)Nc2ccc(F)cc2)C1=O. The maximum absolute atomic E-state index is 13.0. The third-order valence-electron chi connectivity index (χ3n) is 5.03. The molecule has 0 radical (unpaired) electrons. The van der Waals surface area contributed by atoms with Crippen molar-refractivity contribution in [2.24, 2.45) is 0 Å². The standard InChI is InChI=1S/C21H20FN3O5/c1-21(13-3-8-16-17(11-13)30-10-2-9-29-16)19(27)25(20(28)24-21)12-18(26)23-15-6-4-14(22)5-7-15/h3-8,11H,2,9-10,12H2,1H3,(H,23,26)(H,24,28)/t21-/m0/s1. The third kappa shape index (κ3) is 3.66. The molecule has 2 aliphatic rings. The fourth-order valence-electron chi connectivity index (χ4n) is 3.39. The number of nitrogens with zero attached hydrogens (tertiary/aromatic N) is 1. The van der Waals surface area contributed by atoms with E-state index in [1.165, 1.54) is 24.3 Å². The van der Waals surface area contributed by atoms with Gasteiger partial charge in [-0.25, -0.2) is 9.18 Å². The van der Waals surface area contributed by atoms with E-state index in [0.29, 0.717) is 36.0 Å². The molecule has 156 valence electrons. The summed E-state index contributed by atoms with van der Waals surface area (Å²) in [6, 6.07) is 9.56. The first-order valence-electron chi connectivity index (χ1n) is 9.46. The number of benzene rings is 2. The van der Waals surface area contributed by atoms with Crippen LogP contribution in [-0.2, 0) is 15.1 Å². The summed E-state index contributed by atoms with van der Waals surface area (Å²) in [5, 5.41) is 5.19. The van der Waals surface area contributed by atoms with E-state index < -0.39 is 35.7 Å². The minimum absolute atomic E-state index is 0.360. The van der Waals surface area contributed by atoms with Crippen LogP contribution in [0.1, 0.15) is 18.9 Å². The van der Waals surface area contributed by atoms with Crippen LogP contribution >= 0.6 is 0 Å². The summed E-state index contributed by atoms with van der Waals surface area (Å²) in [4.78, 5) is 38.7. The summed E-state index contributed by atoms with van der Waals surface area (Å²) < 4.78 is 24.3. The number of carbonyl (C=O) groups is 3. The van der Waals surface area contributed by atoms with Gasteiger partial charge in [0.15, 0.2) is 11.5 Å². The van der Waals surface area contributed by atoms with Crippen LogP contribution in [0.2, 0.25) is 0 Å². The molecule has 2 aromatic carbocycles. The molecular formula is C21H20FN3O5. The highest BCUT2D eigenvalue weighted by atomic mass is 19.1. The highest BCUT2D eigenvalue weighted by molar-refractivity contribution is 6.10.